The Bertz CT molecular complexity index is 889. The van der Waals surface area contributed by atoms with E-state index in [1.165, 1.54) is 0 Å². The molecule has 1 N–H and O–H groups in total. The molecule has 0 saturated carbocycles. The van der Waals surface area contributed by atoms with Gasteiger partial charge in [-0.1, -0.05) is 17.7 Å². The van der Waals surface area contributed by atoms with E-state index in [0.717, 1.165) is 11.1 Å². The van der Waals surface area contributed by atoms with E-state index in [2.05, 4.69) is 14.7 Å². The lowest BCUT2D eigenvalue weighted by Gasteiger charge is -2.09. The van der Waals surface area contributed by atoms with Crippen molar-refractivity contribution in [2.24, 2.45) is 0 Å². The largest absolute Gasteiger partial charge is 0.256 e. The van der Waals surface area contributed by atoms with Crippen LogP contribution >= 0.6 is 11.3 Å². The van der Waals surface area contributed by atoms with Crippen LogP contribution in [0.3, 0.4) is 0 Å². The SMILES string of the molecule is Cc1ccc(S(=O)(=O)NCc2nccnc2-c2ccsc2)cc1. The Kier molecular flexibility index (Phi) is 4.51. The van der Waals surface area contributed by atoms with Crippen molar-refractivity contribution in [3.8, 4) is 11.3 Å². The highest BCUT2D eigenvalue weighted by atomic mass is 32.2. The van der Waals surface area contributed by atoms with Gasteiger partial charge in [-0.3, -0.25) is 9.97 Å². The molecule has 0 aliphatic carbocycles. The van der Waals surface area contributed by atoms with E-state index in [1.54, 1.807) is 48.0 Å². The van der Waals surface area contributed by atoms with Crippen molar-refractivity contribution in [1.29, 1.82) is 0 Å². The summed E-state index contributed by atoms with van der Waals surface area (Å²) in [6.45, 7) is 2.01. The van der Waals surface area contributed by atoms with Gasteiger partial charge in [0.2, 0.25) is 10.0 Å². The van der Waals surface area contributed by atoms with Gasteiger partial charge < -0.3 is 0 Å². The van der Waals surface area contributed by atoms with Gasteiger partial charge in [0.25, 0.3) is 0 Å². The van der Waals surface area contributed by atoms with Gasteiger partial charge in [-0.25, -0.2) is 13.1 Å². The highest BCUT2D eigenvalue weighted by molar-refractivity contribution is 7.89. The number of aryl methyl sites for hydroxylation is 1. The third-order valence-corrected chi connectivity index (χ3v) is 5.43. The van der Waals surface area contributed by atoms with Gasteiger partial charge in [-0.2, -0.15) is 11.3 Å². The number of sulfonamides is 1. The number of aromatic nitrogens is 2. The van der Waals surface area contributed by atoms with E-state index in [9.17, 15) is 8.42 Å². The molecular formula is C16H15N3O2S2. The summed E-state index contributed by atoms with van der Waals surface area (Å²) in [4.78, 5) is 8.82. The van der Waals surface area contributed by atoms with Crippen LogP contribution in [-0.2, 0) is 16.6 Å². The number of hydrogen-bond donors (Lipinski definition) is 1. The Labute approximate surface area is 139 Å². The third-order valence-electron chi connectivity index (χ3n) is 3.33. The van der Waals surface area contributed by atoms with E-state index < -0.39 is 10.0 Å². The van der Waals surface area contributed by atoms with Crippen molar-refractivity contribution in [3.63, 3.8) is 0 Å². The van der Waals surface area contributed by atoms with Gasteiger partial charge in [0.15, 0.2) is 0 Å². The van der Waals surface area contributed by atoms with Crippen LogP contribution in [0.25, 0.3) is 11.3 Å². The monoisotopic (exact) mass is 345 g/mol. The molecule has 2 heterocycles. The van der Waals surface area contributed by atoms with Gasteiger partial charge in [0.05, 0.1) is 22.8 Å². The van der Waals surface area contributed by atoms with E-state index >= 15 is 0 Å². The van der Waals surface area contributed by atoms with Gasteiger partial charge in [0.1, 0.15) is 0 Å². The van der Waals surface area contributed by atoms with Crippen molar-refractivity contribution in [3.05, 3.63) is 64.7 Å². The second kappa shape index (κ2) is 6.57. The highest BCUT2D eigenvalue weighted by Crippen LogP contribution is 2.22. The summed E-state index contributed by atoms with van der Waals surface area (Å²) in [7, 11) is -3.58. The number of rotatable bonds is 5. The van der Waals surface area contributed by atoms with Gasteiger partial charge in [-0.05, 0) is 30.5 Å². The van der Waals surface area contributed by atoms with Crippen LogP contribution in [0.15, 0.2) is 58.4 Å². The summed E-state index contributed by atoms with van der Waals surface area (Å²) in [5.41, 5.74) is 3.24. The summed E-state index contributed by atoms with van der Waals surface area (Å²) in [6.07, 6.45) is 3.16. The Balaban J connectivity index is 1.82. The second-order valence-electron chi connectivity index (χ2n) is 5.00. The molecule has 2 aromatic heterocycles. The van der Waals surface area contributed by atoms with Crippen LogP contribution in [0.4, 0.5) is 0 Å². The van der Waals surface area contributed by atoms with E-state index in [-0.39, 0.29) is 11.4 Å². The molecule has 1 aromatic carbocycles. The molecule has 5 nitrogen and oxygen atoms in total. The molecule has 0 spiro atoms. The van der Waals surface area contributed by atoms with Gasteiger partial charge in [-0.15, -0.1) is 0 Å². The molecule has 0 atom stereocenters. The zero-order valence-corrected chi connectivity index (χ0v) is 14.1. The smallest absolute Gasteiger partial charge is 0.240 e. The predicted molar refractivity (Wildman–Crippen MR) is 90.5 cm³/mol. The van der Waals surface area contributed by atoms with Crippen molar-refractivity contribution in [1.82, 2.24) is 14.7 Å². The maximum absolute atomic E-state index is 12.4. The summed E-state index contributed by atoms with van der Waals surface area (Å²) >= 11 is 1.56. The number of nitrogens with zero attached hydrogens (tertiary/aromatic N) is 2. The standard InChI is InChI=1S/C16H15N3O2S2/c1-12-2-4-14(5-3-12)23(20,21)19-10-15-16(18-8-7-17-15)13-6-9-22-11-13/h2-9,11,19H,10H2,1H3. The molecule has 0 saturated heterocycles. The van der Waals surface area contributed by atoms with Crippen LogP contribution < -0.4 is 4.72 Å². The van der Waals surface area contributed by atoms with Crippen LogP contribution in [0.2, 0.25) is 0 Å². The summed E-state index contributed by atoms with van der Waals surface area (Å²) < 4.78 is 27.3. The van der Waals surface area contributed by atoms with Crippen molar-refractivity contribution in [2.75, 3.05) is 0 Å². The molecule has 0 unspecified atom stereocenters. The number of nitrogens with one attached hydrogen (secondary N) is 1. The molecule has 0 radical (unpaired) electrons. The molecule has 118 valence electrons. The zero-order chi connectivity index (χ0) is 16.3. The first-order valence-corrected chi connectivity index (χ1v) is 9.38. The van der Waals surface area contributed by atoms with E-state index in [1.807, 2.05) is 23.8 Å². The lowest BCUT2D eigenvalue weighted by Crippen LogP contribution is -2.24. The summed E-state index contributed by atoms with van der Waals surface area (Å²) in [5, 5.41) is 3.91. The zero-order valence-electron chi connectivity index (χ0n) is 12.4. The fraction of sp³-hybridized carbons (Fsp3) is 0.125. The molecule has 0 amide bonds. The van der Waals surface area contributed by atoms with Crippen LogP contribution in [0, 0.1) is 6.92 Å². The Morgan fingerprint density at radius 1 is 1.09 bits per heavy atom. The van der Waals surface area contributed by atoms with Crippen molar-refractivity contribution >= 4 is 21.4 Å². The molecule has 23 heavy (non-hydrogen) atoms. The minimum Gasteiger partial charge on any atom is -0.256 e. The lowest BCUT2D eigenvalue weighted by molar-refractivity contribution is 0.580. The number of thiophene rings is 1. The van der Waals surface area contributed by atoms with Crippen LogP contribution in [-0.4, -0.2) is 18.4 Å². The first kappa shape index (κ1) is 15.8. The fourth-order valence-corrected chi connectivity index (χ4v) is 3.73. The molecule has 0 aliphatic rings. The Morgan fingerprint density at radius 2 is 1.83 bits per heavy atom. The first-order valence-electron chi connectivity index (χ1n) is 6.95. The van der Waals surface area contributed by atoms with E-state index in [0.29, 0.717) is 11.4 Å². The maximum atomic E-state index is 12.4. The average molecular weight is 345 g/mol. The minimum absolute atomic E-state index is 0.0925. The summed E-state index contributed by atoms with van der Waals surface area (Å²) in [6, 6.07) is 8.66. The van der Waals surface area contributed by atoms with Crippen molar-refractivity contribution in [2.45, 2.75) is 18.4 Å². The third kappa shape index (κ3) is 3.64. The van der Waals surface area contributed by atoms with Crippen molar-refractivity contribution < 1.29 is 8.42 Å². The fourth-order valence-electron chi connectivity index (χ4n) is 2.10. The topological polar surface area (TPSA) is 72.0 Å². The Hall–Kier alpha value is -2.09. The van der Waals surface area contributed by atoms with E-state index in [4.69, 9.17) is 0 Å². The van der Waals surface area contributed by atoms with Gasteiger partial charge >= 0.3 is 0 Å². The quantitative estimate of drug-likeness (QED) is 0.771. The first-order chi connectivity index (χ1) is 11.1. The highest BCUT2D eigenvalue weighted by Gasteiger charge is 2.16. The molecule has 7 heteroatoms. The normalized spacial score (nSPS) is 11.5. The maximum Gasteiger partial charge on any atom is 0.240 e. The molecule has 0 fully saturated rings. The number of benzene rings is 1. The molecule has 0 aliphatic heterocycles. The average Bonchev–Trinajstić information content (AvgIpc) is 3.08. The number of hydrogen-bond acceptors (Lipinski definition) is 5. The molecule has 3 rings (SSSR count). The molecule has 0 bridgehead atoms. The molecular weight excluding hydrogens is 330 g/mol. The lowest BCUT2D eigenvalue weighted by atomic mass is 10.2. The van der Waals surface area contributed by atoms with Crippen LogP contribution in [0.1, 0.15) is 11.3 Å². The molecule has 3 aromatic rings. The summed E-state index contributed by atoms with van der Waals surface area (Å²) in [5.74, 6) is 0. The minimum atomic E-state index is -3.58. The van der Waals surface area contributed by atoms with Crippen LogP contribution in [0.5, 0.6) is 0 Å². The van der Waals surface area contributed by atoms with Gasteiger partial charge in [0, 0.05) is 23.3 Å². The predicted octanol–water partition coefficient (Wildman–Crippen LogP) is 2.99. The Morgan fingerprint density at radius 3 is 2.52 bits per heavy atom. The second-order valence-corrected chi connectivity index (χ2v) is 7.55.